The molecular weight excluding hydrogens is 234 g/mol. The zero-order valence-electron chi connectivity index (χ0n) is 9.28. The first-order valence-electron chi connectivity index (χ1n) is 5.57. The molecule has 88 valence electrons. The Labute approximate surface area is 103 Å². The number of anilines is 2. The number of nitrogen functional groups attached to an aromatic ring is 1. The van der Waals surface area contributed by atoms with Crippen LogP contribution in [0.3, 0.4) is 0 Å². The lowest BCUT2D eigenvalue weighted by atomic mass is 10.1. The molecule has 0 amide bonds. The third kappa shape index (κ3) is 1.95. The molecule has 1 fully saturated rings. The molecule has 3 rings (SSSR count). The molecule has 2 N–H and O–H groups in total. The molecule has 1 atom stereocenters. The standard InChI is InChI=1S/C11H13N5S/c12-11-15-9(6-17-11)10-2-1-3-16(10)8-4-13-7-14-5-8/h4-7,10H,1-3H2,(H2,12,15). The molecule has 1 aliphatic rings. The van der Waals surface area contributed by atoms with Gasteiger partial charge >= 0.3 is 0 Å². The molecular formula is C11H13N5S. The maximum absolute atomic E-state index is 5.69. The van der Waals surface area contributed by atoms with Gasteiger partial charge in [0.1, 0.15) is 6.33 Å². The highest BCUT2D eigenvalue weighted by molar-refractivity contribution is 7.13. The van der Waals surface area contributed by atoms with Crippen molar-refractivity contribution in [2.24, 2.45) is 0 Å². The first-order valence-corrected chi connectivity index (χ1v) is 6.45. The molecule has 5 nitrogen and oxygen atoms in total. The minimum absolute atomic E-state index is 0.314. The van der Waals surface area contributed by atoms with Crippen molar-refractivity contribution in [1.29, 1.82) is 0 Å². The molecule has 3 heterocycles. The minimum Gasteiger partial charge on any atom is -0.375 e. The molecule has 1 unspecified atom stereocenters. The summed E-state index contributed by atoms with van der Waals surface area (Å²) in [5.41, 5.74) is 7.82. The van der Waals surface area contributed by atoms with Crippen LogP contribution in [0.4, 0.5) is 10.8 Å². The monoisotopic (exact) mass is 247 g/mol. The van der Waals surface area contributed by atoms with Crippen LogP contribution in [0.2, 0.25) is 0 Å². The van der Waals surface area contributed by atoms with Gasteiger partial charge in [0, 0.05) is 11.9 Å². The molecule has 2 aromatic heterocycles. The summed E-state index contributed by atoms with van der Waals surface area (Å²) in [5.74, 6) is 0. The van der Waals surface area contributed by atoms with Crippen LogP contribution in [-0.2, 0) is 0 Å². The minimum atomic E-state index is 0.314. The zero-order valence-corrected chi connectivity index (χ0v) is 10.1. The fourth-order valence-corrected chi connectivity index (χ4v) is 2.89. The quantitative estimate of drug-likeness (QED) is 0.877. The van der Waals surface area contributed by atoms with Crippen molar-refractivity contribution in [2.75, 3.05) is 17.2 Å². The van der Waals surface area contributed by atoms with Crippen molar-refractivity contribution < 1.29 is 0 Å². The molecule has 1 saturated heterocycles. The molecule has 0 aliphatic carbocycles. The van der Waals surface area contributed by atoms with Crippen molar-refractivity contribution in [3.05, 3.63) is 29.8 Å². The van der Waals surface area contributed by atoms with Gasteiger partial charge in [-0.2, -0.15) is 0 Å². The summed E-state index contributed by atoms with van der Waals surface area (Å²) >= 11 is 1.50. The van der Waals surface area contributed by atoms with Crippen molar-refractivity contribution in [1.82, 2.24) is 15.0 Å². The van der Waals surface area contributed by atoms with Crippen LogP contribution in [0.15, 0.2) is 24.1 Å². The van der Waals surface area contributed by atoms with Crippen molar-refractivity contribution in [2.45, 2.75) is 18.9 Å². The van der Waals surface area contributed by atoms with Crippen molar-refractivity contribution in [3.8, 4) is 0 Å². The third-order valence-electron chi connectivity index (χ3n) is 3.01. The highest BCUT2D eigenvalue weighted by Gasteiger charge is 2.28. The summed E-state index contributed by atoms with van der Waals surface area (Å²) < 4.78 is 0. The van der Waals surface area contributed by atoms with Crippen LogP contribution in [0.5, 0.6) is 0 Å². The van der Waals surface area contributed by atoms with E-state index in [-0.39, 0.29) is 0 Å². The molecule has 0 aromatic carbocycles. The maximum atomic E-state index is 5.69. The van der Waals surface area contributed by atoms with Gasteiger partial charge in [-0.3, -0.25) is 0 Å². The molecule has 2 aromatic rings. The van der Waals surface area contributed by atoms with Crippen LogP contribution in [0, 0.1) is 0 Å². The highest BCUT2D eigenvalue weighted by Crippen LogP contribution is 2.35. The number of nitrogens with two attached hydrogens (primary N) is 1. The van der Waals surface area contributed by atoms with Crippen molar-refractivity contribution in [3.63, 3.8) is 0 Å². The summed E-state index contributed by atoms with van der Waals surface area (Å²) in [5, 5.41) is 2.68. The summed E-state index contributed by atoms with van der Waals surface area (Å²) in [6, 6.07) is 0.314. The van der Waals surface area contributed by atoms with Gasteiger partial charge in [-0.05, 0) is 12.8 Å². The van der Waals surface area contributed by atoms with Gasteiger partial charge in [0.25, 0.3) is 0 Å². The predicted molar refractivity (Wildman–Crippen MR) is 67.9 cm³/mol. The van der Waals surface area contributed by atoms with E-state index >= 15 is 0 Å². The number of hydrogen-bond donors (Lipinski definition) is 1. The van der Waals surface area contributed by atoms with Crippen LogP contribution < -0.4 is 10.6 Å². The van der Waals surface area contributed by atoms with E-state index < -0.39 is 0 Å². The Morgan fingerprint density at radius 1 is 1.35 bits per heavy atom. The van der Waals surface area contributed by atoms with E-state index in [4.69, 9.17) is 5.73 Å². The van der Waals surface area contributed by atoms with E-state index in [9.17, 15) is 0 Å². The Balaban J connectivity index is 1.90. The molecule has 17 heavy (non-hydrogen) atoms. The van der Waals surface area contributed by atoms with Crippen LogP contribution in [0.1, 0.15) is 24.6 Å². The molecule has 6 heteroatoms. The fraction of sp³-hybridized carbons (Fsp3) is 0.364. The highest BCUT2D eigenvalue weighted by atomic mass is 32.1. The Kier molecular flexibility index (Phi) is 2.64. The number of thiazole rings is 1. The zero-order chi connectivity index (χ0) is 11.7. The largest absolute Gasteiger partial charge is 0.375 e. The van der Waals surface area contributed by atoms with Gasteiger partial charge in [0.15, 0.2) is 5.13 Å². The number of nitrogens with zero attached hydrogens (tertiary/aromatic N) is 4. The first-order chi connectivity index (χ1) is 8.34. The van der Waals surface area contributed by atoms with E-state index in [2.05, 4.69) is 19.9 Å². The average molecular weight is 247 g/mol. The molecule has 0 spiro atoms. The molecule has 0 bridgehead atoms. The predicted octanol–water partition coefficient (Wildman–Crippen LogP) is 1.86. The topological polar surface area (TPSA) is 67.9 Å². The smallest absolute Gasteiger partial charge is 0.180 e. The van der Waals surface area contributed by atoms with E-state index in [0.717, 1.165) is 30.8 Å². The van der Waals surface area contributed by atoms with E-state index in [1.165, 1.54) is 11.3 Å². The van der Waals surface area contributed by atoms with E-state index in [1.54, 1.807) is 6.33 Å². The van der Waals surface area contributed by atoms with Gasteiger partial charge in [0.2, 0.25) is 0 Å². The Morgan fingerprint density at radius 2 is 2.18 bits per heavy atom. The van der Waals surface area contributed by atoms with Gasteiger partial charge in [-0.25, -0.2) is 15.0 Å². The number of rotatable bonds is 2. The number of aromatic nitrogens is 3. The van der Waals surface area contributed by atoms with Crippen LogP contribution in [0.25, 0.3) is 0 Å². The van der Waals surface area contributed by atoms with Gasteiger partial charge in [-0.1, -0.05) is 0 Å². The second-order valence-corrected chi connectivity index (χ2v) is 4.95. The Hall–Kier alpha value is -1.69. The summed E-state index contributed by atoms with van der Waals surface area (Å²) in [7, 11) is 0. The summed E-state index contributed by atoms with van der Waals surface area (Å²) in [4.78, 5) is 14.8. The normalized spacial score (nSPS) is 19.8. The SMILES string of the molecule is Nc1nc(C2CCCN2c2cncnc2)cs1. The first kappa shape index (κ1) is 10.5. The lowest BCUT2D eigenvalue weighted by molar-refractivity contribution is 0.698. The fourth-order valence-electron chi connectivity index (χ4n) is 2.28. The second kappa shape index (κ2) is 4.29. The molecule has 1 aliphatic heterocycles. The lowest BCUT2D eigenvalue weighted by Crippen LogP contribution is -2.23. The van der Waals surface area contributed by atoms with Crippen LogP contribution in [-0.4, -0.2) is 21.5 Å². The van der Waals surface area contributed by atoms with Gasteiger partial charge in [0.05, 0.1) is 29.8 Å². The number of hydrogen-bond acceptors (Lipinski definition) is 6. The average Bonchev–Trinajstić information content (AvgIpc) is 2.98. The third-order valence-corrected chi connectivity index (χ3v) is 3.70. The summed E-state index contributed by atoms with van der Waals surface area (Å²) in [6.45, 7) is 1.02. The molecule has 0 saturated carbocycles. The van der Waals surface area contributed by atoms with Crippen molar-refractivity contribution >= 4 is 22.2 Å². The molecule has 0 radical (unpaired) electrons. The Bertz CT molecular complexity index is 498. The van der Waals surface area contributed by atoms with E-state index in [0.29, 0.717) is 11.2 Å². The maximum Gasteiger partial charge on any atom is 0.180 e. The summed E-state index contributed by atoms with van der Waals surface area (Å²) in [6.07, 6.45) is 7.52. The second-order valence-electron chi connectivity index (χ2n) is 4.06. The van der Waals surface area contributed by atoms with Gasteiger partial charge < -0.3 is 10.6 Å². The van der Waals surface area contributed by atoms with E-state index in [1.807, 2.05) is 17.8 Å². The van der Waals surface area contributed by atoms with Crippen LogP contribution >= 0.6 is 11.3 Å². The Morgan fingerprint density at radius 3 is 2.88 bits per heavy atom. The van der Waals surface area contributed by atoms with Gasteiger partial charge in [-0.15, -0.1) is 11.3 Å². The lowest BCUT2D eigenvalue weighted by Gasteiger charge is -2.24.